The molecule has 2 aromatic rings. The van der Waals surface area contributed by atoms with E-state index in [0.717, 1.165) is 38.2 Å². The van der Waals surface area contributed by atoms with E-state index in [0.29, 0.717) is 5.56 Å². The lowest BCUT2D eigenvalue weighted by molar-refractivity contribution is -0.120. The van der Waals surface area contributed by atoms with Crippen LogP contribution in [0.15, 0.2) is 30.3 Å². The minimum Gasteiger partial charge on any atom is -0.390 e. The van der Waals surface area contributed by atoms with Crippen LogP contribution in [0.3, 0.4) is 0 Å². The van der Waals surface area contributed by atoms with Crippen molar-refractivity contribution in [1.29, 1.82) is 0 Å². The first-order valence-corrected chi connectivity index (χ1v) is 12.6. The van der Waals surface area contributed by atoms with Gasteiger partial charge in [0, 0.05) is 25.6 Å². The lowest BCUT2D eigenvalue weighted by Crippen LogP contribution is -2.48. The summed E-state index contributed by atoms with van der Waals surface area (Å²) in [6, 6.07) is 7.42. The number of benzene rings is 2. The molecule has 0 aromatic heterocycles. The van der Waals surface area contributed by atoms with Crippen molar-refractivity contribution >= 4 is 5.91 Å². The number of carbonyl (C=O) groups is 1. The van der Waals surface area contributed by atoms with Gasteiger partial charge in [-0.15, -0.1) is 0 Å². The molecule has 0 fully saturated rings. The van der Waals surface area contributed by atoms with Gasteiger partial charge < -0.3 is 15.7 Å². The summed E-state index contributed by atoms with van der Waals surface area (Å²) < 4.78 is 27.3. The fourth-order valence-electron chi connectivity index (χ4n) is 5.02. The lowest BCUT2D eigenvalue weighted by atomic mass is 9.82. The molecule has 0 spiro atoms. The van der Waals surface area contributed by atoms with Crippen LogP contribution in [-0.2, 0) is 30.5 Å². The van der Waals surface area contributed by atoms with E-state index < -0.39 is 23.8 Å². The number of aliphatic hydroxyl groups is 1. The monoisotopic (exact) mass is 472 g/mol. The number of hydrogen-bond acceptors (Lipinski definition) is 3. The summed E-state index contributed by atoms with van der Waals surface area (Å²) >= 11 is 0. The maximum Gasteiger partial charge on any atom is 0.217 e. The number of unbranched alkanes of at least 4 members (excludes halogenated alkanes) is 1. The minimum atomic E-state index is -0.908. The third-order valence-electron chi connectivity index (χ3n) is 6.74. The second kappa shape index (κ2) is 12.4. The SMILES string of the molecule is CCCCc1cc(CC)cc2c1CCCC2NCC(O)C(Cc1cc(F)cc(F)c1)NC(C)=O. The molecule has 3 rings (SSSR count). The van der Waals surface area contributed by atoms with Crippen molar-refractivity contribution in [2.24, 2.45) is 0 Å². The van der Waals surface area contributed by atoms with E-state index in [1.807, 2.05) is 0 Å². The molecule has 0 saturated carbocycles. The zero-order chi connectivity index (χ0) is 24.7. The third-order valence-corrected chi connectivity index (χ3v) is 6.74. The molecule has 0 radical (unpaired) electrons. The first-order valence-electron chi connectivity index (χ1n) is 12.6. The number of fused-ring (bicyclic) bond motifs is 1. The van der Waals surface area contributed by atoms with Crippen molar-refractivity contribution in [2.45, 2.75) is 90.3 Å². The molecule has 186 valence electrons. The molecule has 2 aromatic carbocycles. The van der Waals surface area contributed by atoms with Crippen LogP contribution in [-0.4, -0.2) is 29.7 Å². The fourth-order valence-corrected chi connectivity index (χ4v) is 5.02. The first-order chi connectivity index (χ1) is 16.3. The molecular formula is C28H38F2N2O2. The van der Waals surface area contributed by atoms with Gasteiger partial charge in [-0.1, -0.05) is 32.4 Å². The van der Waals surface area contributed by atoms with E-state index in [1.54, 1.807) is 0 Å². The van der Waals surface area contributed by atoms with E-state index in [9.17, 15) is 18.7 Å². The van der Waals surface area contributed by atoms with Crippen LogP contribution < -0.4 is 10.6 Å². The summed E-state index contributed by atoms with van der Waals surface area (Å²) in [5.41, 5.74) is 5.95. The smallest absolute Gasteiger partial charge is 0.217 e. The van der Waals surface area contributed by atoms with Crippen LogP contribution in [0.4, 0.5) is 8.78 Å². The molecule has 3 unspecified atom stereocenters. The van der Waals surface area contributed by atoms with Crippen LogP contribution in [0.1, 0.15) is 80.3 Å². The summed E-state index contributed by atoms with van der Waals surface area (Å²) in [5.74, 6) is -1.64. The molecule has 0 aliphatic heterocycles. The maximum absolute atomic E-state index is 13.6. The Morgan fingerprint density at radius 1 is 1.12 bits per heavy atom. The number of halogens is 2. The molecular weight excluding hydrogens is 434 g/mol. The highest BCUT2D eigenvalue weighted by Gasteiger charge is 2.26. The van der Waals surface area contributed by atoms with Crippen LogP contribution >= 0.6 is 0 Å². The lowest BCUT2D eigenvalue weighted by Gasteiger charge is -2.31. The molecule has 1 aliphatic carbocycles. The predicted molar refractivity (Wildman–Crippen MR) is 132 cm³/mol. The van der Waals surface area contributed by atoms with Crippen LogP contribution in [0.25, 0.3) is 0 Å². The number of rotatable bonds is 11. The highest BCUT2D eigenvalue weighted by Crippen LogP contribution is 2.34. The first kappa shape index (κ1) is 26.3. The van der Waals surface area contributed by atoms with Gasteiger partial charge >= 0.3 is 0 Å². The summed E-state index contributed by atoms with van der Waals surface area (Å²) in [6.45, 7) is 6.04. The Bertz CT molecular complexity index is 959. The summed E-state index contributed by atoms with van der Waals surface area (Å²) in [7, 11) is 0. The number of hydrogen-bond donors (Lipinski definition) is 3. The quantitative estimate of drug-likeness (QED) is 0.434. The second-order valence-corrected chi connectivity index (χ2v) is 9.49. The predicted octanol–water partition coefficient (Wildman–Crippen LogP) is 4.95. The Labute approximate surface area is 202 Å². The van der Waals surface area contributed by atoms with Gasteiger partial charge in [0.25, 0.3) is 0 Å². The second-order valence-electron chi connectivity index (χ2n) is 9.49. The van der Waals surface area contributed by atoms with Crippen molar-refractivity contribution in [3.05, 3.63) is 69.8 Å². The van der Waals surface area contributed by atoms with Gasteiger partial charge in [0.1, 0.15) is 11.6 Å². The standard InChI is InChI=1S/C28H38F2N2O2/c1-4-6-8-21-11-19(5-2)14-25-24(21)9-7-10-26(25)31-17-28(34)27(32-18(3)33)15-20-12-22(29)16-23(30)13-20/h11-14,16,26-28,31,34H,4-10,15,17H2,1-3H3,(H,32,33). The van der Waals surface area contributed by atoms with Crippen LogP contribution in [0.2, 0.25) is 0 Å². The van der Waals surface area contributed by atoms with E-state index >= 15 is 0 Å². The van der Waals surface area contributed by atoms with Gasteiger partial charge in [-0.05, 0) is 84.9 Å². The molecule has 0 heterocycles. The van der Waals surface area contributed by atoms with Gasteiger partial charge in [-0.3, -0.25) is 4.79 Å². The van der Waals surface area contributed by atoms with Gasteiger partial charge in [0.05, 0.1) is 12.1 Å². The van der Waals surface area contributed by atoms with E-state index in [2.05, 4.69) is 36.6 Å². The molecule has 1 amide bonds. The third kappa shape index (κ3) is 7.09. The molecule has 3 N–H and O–H groups in total. The van der Waals surface area contributed by atoms with E-state index in [1.165, 1.54) is 54.2 Å². The average molecular weight is 473 g/mol. The molecule has 6 heteroatoms. The Morgan fingerprint density at radius 2 is 1.85 bits per heavy atom. The Morgan fingerprint density at radius 3 is 2.50 bits per heavy atom. The Balaban J connectivity index is 1.74. The van der Waals surface area contributed by atoms with Crippen LogP contribution in [0.5, 0.6) is 0 Å². The van der Waals surface area contributed by atoms with Crippen molar-refractivity contribution in [1.82, 2.24) is 10.6 Å². The van der Waals surface area contributed by atoms with E-state index in [4.69, 9.17) is 0 Å². The largest absolute Gasteiger partial charge is 0.390 e. The number of carbonyl (C=O) groups excluding carboxylic acids is 1. The molecule has 1 aliphatic rings. The minimum absolute atomic E-state index is 0.134. The van der Waals surface area contributed by atoms with Gasteiger partial charge in [0.15, 0.2) is 0 Å². The van der Waals surface area contributed by atoms with Gasteiger partial charge in [0.2, 0.25) is 5.91 Å². The van der Waals surface area contributed by atoms with Gasteiger partial charge in [-0.25, -0.2) is 8.78 Å². The van der Waals surface area contributed by atoms with Gasteiger partial charge in [-0.2, -0.15) is 0 Å². The molecule has 4 nitrogen and oxygen atoms in total. The van der Waals surface area contributed by atoms with Crippen LogP contribution in [0, 0.1) is 11.6 Å². The highest BCUT2D eigenvalue weighted by molar-refractivity contribution is 5.73. The number of nitrogens with one attached hydrogen (secondary N) is 2. The highest BCUT2D eigenvalue weighted by atomic mass is 19.1. The number of aliphatic hydroxyl groups excluding tert-OH is 1. The topological polar surface area (TPSA) is 61.4 Å². The van der Waals surface area contributed by atoms with E-state index in [-0.39, 0.29) is 24.9 Å². The molecule has 0 bridgehead atoms. The summed E-state index contributed by atoms with van der Waals surface area (Å²) in [6.07, 6.45) is 6.80. The summed E-state index contributed by atoms with van der Waals surface area (Å²) in [4.78, 5) is 11.8. The molecule has 0 saturated heterocycles. The Kier molecular flexibility index (Phi) is 9.60. The van der Waals surface area contributed by atoms with Crippen molar-refractivity contribution in [3.8, 4) is 0 Å². The zero-order valence-electron chi connectivity index (χ0n) is 20.6. The average Bonchev–Trinajstić information content (AvgIpc) is 2.79. The zero-order valence-corrected chi connectivity index (χ0v) is 20.6. The van der Waals surface area contributed by atoms with Crippen molar-refractivity contribution in [3.63, 3.8) is 0 Å². The van der Waals surface area contributed by atoms with Crippen molar-refractivity contribution < 1.29 is 18.7 Å². The normalized spacial score (nSPS) is 17.2. The Hall–Kier alpha value is -2.31. The summed E-state index contributed by atoms with van der Waals surface area (Å²) in [5, 5.41) is 17.2. The number of amides is 1. The van der Waals surface area contributed by atoms with Crippen molar-refractivity contribution in [2.75, 3.05) is 6.54 Å². The molecule has 34 heavy (non-hydrogen) atoms. The molecule has 3 atom stereocenters. The number of aryl methyl sites for hydroxylation is 2. The maximum atomic E-state index is 13.6. The fraction of sp³-hybridized carbons (Fsp3) is 0.536.